The van der Waals surface area contributed by atoms with Gasteiger partial charge in [-0.15, -0.1) is 0 Å². The summed E-state index contributed by atoms with van der Waals surface area (Å²) in [5, 5.41) is 6.04. The molecule has 9 heteroatoms. The van der Waals surface area contributed by atoms with Gasteiger partial charge in [0.15, 0.2) is 0 Å². The molecule has 1 aliphatic heterocycles. The number of nitrogens with zero attached hydrogens (tertiary/aromatic N) is 5. The molecular formula is C34H28FN7O. The predicted molar refractivity (Wildman–Crippen MR) is 166 cm³/mol. The van der Waals surface area contributed by atoms with Gasteiger partial charge in [-0.1, -0.05) is 36.4 Å². The van der Waals surface area contributed by atoms with Crippen molar-refractivity contribution in [3.05, 3.63) is 126 Å². The second-order valence-corrected chi connectivity index (χ2v) is 10.6. The quantitative estimate of drug-likeness (QED) is 0.236. The Bertz CT molecular complexity index is 1990. The van der Waals surface area contributed by atoms with Gasteiger partial charge in [-0.25, -0.2) is 19.3 Å². The SMILES string of the molecule is CN1CCc2ccc(Nc3nccc(-c4c(-c5cccc(C(=O)Nc6ccccc6F)c5)nc5ccccn45)n3)cc2C1. The first kappa shape index (κ1) is 26.5. The number of para-hydroxylation sites is 1. The van der Waals surface area contributed by atoms with Crippen LogP contribution in [0.3, 0.4) is 0 Å². The zero-order valence-electron chi connectivity index (χ0n) is 23.5. The third kappa shape index (κ3) is 5.33. The highest BCUT2D eigenvalue weighted by atomic mass is 19.1. The minimum Gasteiger partial charge on any atom is -0.324 e. The molecule has 2 N–H and O–H groups in total. The van der Waals surface area contributed by atoms with E-state index in [9.17, 15) is 9.18 Å². The molecule has 43 heavy (non-hydrogen) atoms. The minimum atomic E-state index is -0.495. The lowest BCUT2D eigenvalue weighted by atomic mass is 9.99. The Morgan fingerprint density at radius 3 is 2.70 bits per heavy atom. The largest absolute Gasteiger partial charge is 0.324 e. The van der Waals surface area contributed by atoms with E-state index in [1.54, 1.807) is 36.5 Å². The number of aromatic nitrogens is 4. The van der Waals surface area contributed by atoms with Gasteiger partial charge >= 0.3 is 0 Å². The third-order valence-electron chi connectivity index (χ3n) is 7.61. The number of hydrogen-bond donors (Lipinski definition) is 2. The molecule has 0 atom stereocenters. The zero-order chi connectivity index (χ0) is 29.3. The third-order valence-corrected chi connectivity index (χ3v) is 7.61. The molecule has 3 aromatic heterocycles. The molecule has 1 amide bonds. The van der Waals surface area contributed by atoms with Crippen LogP contribution < -0.4 is 10.6 Å². The van der Waals surface area contributed by atoms with E-state index in [2.05, 4.69) is 45.8 Å². The summed E-state index contributed by atoms with van der Waals surface area (Å²) in [5.41, 5.74) is 7.67. The van der Waals surface area contributed by atoms with Crippen LogP contribution in [0, 0.1) is 5.82 Å². The second-order valence-electron chi connectivity index (χ2n) is 10.6. The molecule has 4 heterocycles. The Labute approximate surface area is 247 Å². The van der Waals surface area contributed by atoms with Crippen molar-refractivity contribution in [2.24, 2.45) is 0 Å². The summed E-state index contributed by atoms with van der Waals surface area (Å²) in [6.07, 6.45) is 4.70. The van der Waals surface area contributed by atoms with Gasteiger partial charge in [-0.3, -0.25) is 9.20 Å². The molecule has 8 nitrogen and oxygen atoms in total. The molecule has 0 unspecified atom stereocenters. The van der Waals surface area contributed by atoms with E-state index < -0.39 is 11.7 Å². The van der Waals surface area contributed by atoms with Crippen LogP contribution in [0.4, 0.5) is 21.7 Å². The Morgan fingerprint density at radius 1 is 0.907 bits per heavy atom. The maximum Gasteiger partial charge on any atom is 0.255 e. The van der Waals surface area contributed by atoms with Gasteiger partial charge in [0.2, 0.25) is 5.95 Å². The smallest absolute Gasteiger partial charge is 0.255 e. The highest BCUT2D eigenvalue weighted by Gasteiger charge is 2.20. The number of halogens is 1. The number of benzene rings is 3. The summed E-state index contributed by atoms with van der Waals surface area (Å²) in [6, 6.07) is 27.3. The number of rotatable bonds is 6. The number of pyridine rings is 1. The van der Waals surface area contributed by atoms with Crippen molar-refractivity contribution in [1.29, 1.82) is 0 Å². The summed E-state index contributed by atoms with van der Waals surface area (Å²) in [4.78, 5) is 29.7. The molecule has 7 rings (SSSR count). The fourth-order valence-electron chi connectivity index (χ4n) is 5.46. The van der Waals surface area contributed by atoms with E-state index in [1.807, 2.05) is 40.9 Å². The Kier molecular flexibility index (Phi) is 6.84. The number of nitrogens with one attached hydrogen (secondary N) is 2. The standard InChI is InChI=1S/C34H28FN7O/c1-41-18-15-22-12-13-26(20-25(22)21-41)37-34-36-16-14-29(39-34)32-31(40-30-11-4-5-17-42(30)32)23-7-6-8-24(19-23)33(43)38-28-10-3-2-9-27(28)35/h2-14,16-17,19-20H,15,18,21H2,1H3,(H,38,43)(H,36,37,39). The van der Waals surface area contributed by atoms with Crippen LogP contribution in [0.2, 0.25) is 0 Å². The molecule has 0 fully saturated rings. The molecule has 1 aliphatic rings. The van der Waals surface area contributed by atoms with Crippen molar-refractivity contribution in [3.8, 4) is 22.6 Å². The van der Waals surface area contributed by atoms with Crippen molar-refractivity contribution < 1.29 is 9.18 Å². The molecule has 212 valence electrons. The maximum absolute atomic E-state index is 14.2. The van der Waals surface area contributed by atoms with Crippen LogP contribution >= 0.6 is 0 Å². The van der Waals surface area contributed by atoms with Crippen LogP contribution in [0.25, 0.3) is 28.3 Å². The van der Waals surface area contributed by atoms with Crippen molar-refractivity contribution in [2.75, 3.05) is 24.2 Å². The first-order valence-corrected chi connectivity index (χ1v) is 14.1. The maximum atomic E-state index is 14.2. The first-order chi connectivity index (χ1) is 21.0. The van der Waals surface area contributed by atoms with Gasteiger partial charge in [-0.05, 0) is 79.2 Å². The van der Waals surface area contributed by atoms with Crippen molar-refractivity contribution in [2.45, 2.75) is 13.0 Å². The molecule has 0 saturated carbocycles. The Hall–Kier alpha value is -5.41. The number of hydrogen-bond acceptors (Lipinski definition) is 6. The number of anilines is 3. The number of carbonyl (C=O) groups is 1. The first-order valence-electron chi connectivity index (χ1n) is 14.1. The van der Waals surface area contributed by atoms with Crippen molar-refractivity contribution in [1.82, 2.24) is 24.3 Å². The topological polar surface area (TPSA) is 87.5 Å². The molecule has 0 bridgehead atoms. The van der Waals surface area contributed by atoms with Crippen LogP contribution in [0.5, 0.6) is 0 Å². The molecule has 6 aromatic rings. The van der Waals surface area contributed by atoms with Crippen LogP contribution in [0.15, 0.2) is 103 Å². The Morgan fingerprint density at radius 2 is 1.79 bits per heavy atom. The number of fused-ring (bicyclic) bond motifs is 2. The van der Waals surface area contributed by atoms with Crippen molar-refractivity contribution in [3.63, 3.8) is 0 Å². The summed E-state index contributed by atoms with van der Waals surface area (Å²) < 4.78 is 16.2. The van der Waals surface area contributed by atoms with Gasteiger partial charge in [-0.2, -0.15) is 0 Å². The van der Waals surface area contributed by atoms with E-state index in [0.717, 1.165) is 42.1 Å². The molecular weight excluding hydrogens is 541 g/mol. The number of amides is 1. The van der Waals surface area contributed by atoms with E-state index in [0.29, 0.717) is 22.9 Å². The normalized spacial score (nSPS) is 13.1. The number of imidazole rings is 1. The second kappa shape index (κ2) is 11.1. The fourth-order valence-corrected chi connectivity index (χ4v) is 5.46. The Balaban J connectivity index is 1.24. The summed E-state index contributed by atoms with van der Waals surface area (Å²) in [5.74, 6) is -0.441. The molecule has 0 spiro atoms. The fraction of sp³-hybridized carbons (Fsp3) is 0.118. The lowest BCUT2D eigenvalue weighted by molar-refractivity contribution is 0.102. The average molecular weight is 570 g/mol. The molecule has 0 aliphatic carbocycles. The van der Waals surface area contributed by atoms with Gasteiger partial charge < -0.3 is 15.5 Å². The highest BCUT2D eigenvalue weighted by molar-refractivity contribution is 6.05. The summed E-state index contributed by atoms with van der Waals surface area (Å²) in [6.45, 7) is 1.97. The van der Waals surface area contributed by atoms with Crippen LogP contribution in [-0.2, 0) is 13.0 Å². The van der Waals surface area contributed by atoms with Gasteiger partial charge in [0, 0.05) is 42.3 Å². The average Bonchev–Trinajstić information content (AvgIpc) is 3.42. The van der Waals surface area contributed by atoms with E-state index >= 15 is 0 Å². The monoisotopic (exact) mass is 569 g/mol. The van der Waals surface area contributed by atoms with E-state index in [4.69, 9.17) is 9.97 Å². The minimum absolute atomic E-state index is 0.123. The summed E-state index contributed by atoms with van der Waals surface area (Å²) in [7, 11) is 2.13. The molecule has 0 radical (unpaired) electrons. The molecule has 0 saturated heterocycles. The van der Waals surface area contributed by atoms with E-state index in [-0.39, 0.29) is 5.69 Å². The summed E-state index contributed by atoms with van der Waals surface area (Å²) >= 11 is 0. The number of likely N-dealkylation sites (N-methyl/N-ethyl adjacent to an activating group) is 1. The lowest BCUT2D eigenvalue weighted by Gasteiger charge is -2.25. The highest BCUT2D eigenvalue weighted by Crippen LogP contribution is 2.33. The van der Waals surface area contributed by atoms with Gasteiger partial charge in [0.1, 0.15) is 11.5 Å². The number of carbonyl (C=O) groups excluding carboxylic acids is 1. The lowest BCUT2D eigenvalue weighted by Crippen LogP contribution is -2.26. The molecule has 3 aromatic carbocycles. The van der Waals surface area contributed by atoms with Crippen LogP contribution in [-0.4, -0.2) is 43.8 Å². The van der Waals surface area contributed by atoms with Gasteiger partial charge in [0.25, 0.3) is 5.91 Å². The van der Waals surface area contributed by atoms with Crippen molar-refractivity contribution >= 4 is 28.9 Å². The van der Waals surface area contributed by atoms with Gasteiger partial charge in [0.05, 0.1) is 22.8 Å². The van der Waals surface area contributed by atoms with Crippen LogP contribution in [0.1, 0.15) is 21.5 Å². The zero-order valence-corrected chi connectivity index (χ0v) is 23.5. The van der Waals surface area contributed by atoms with E-state index in [1.165, 1.54) is 23.3 Å². The predicted octanol–water partition coefficient (Wildman–Crippen LogP) is 6.58.